The molecule has 0 heterocycles. The van der Waals surface area contributed by atoms with Gasteiger partial charge in [-0.25, -0.2) is 10.2 Å². The number of unbranched alkanes of at least 4 members (excludes halogenated alkanes) is 1. The number of rotatable bonds is 15. The van der Waals surface area contributed by atoms with Gasteiger partial charge in [-0.15, -0.1) is 0 Å². The molecule has 3 aromatic rings. The van der Waals surface area contributed by atoms with Gasteiger partial charge < -0.3 is 14.9 Å². The lowest BCUT2D eigenvalue weighted by atomic mass is 9.87. The minimum atomic E-state index is -1.20. The molecule has 0 aliphatic carbocycles. The first-order valence-electron chi connectivity index (χ1n) is 14.8. The van der Waals surface area contributed by atoms with Gasteiger partial charge in [0.25, 0.3) is 0 Å². The van der Waals surface area contributed by atoms with Crippen LogP contribution in [0.25, 0.3) is 6.08 Å². The molecule has 0 spiro atoms. The lowest BCUT2D eigenvalue weighted by Gasteiger charge is -2.19. The van der Waals surface area contributed by atoms with Crippen LogP contribution in [0.15, 0.2) is 84.0 Å². The van der Waals surface area contributed by atoms with E-state index >= 15 is 0 Å². The summed E-state index contributed by atoms with van der Waals surface area (Å²) in [7, 11) is 0. The van der Waals surface area contributed by atoms with Gasteiger partial charge in [0.15, 0.2) is 0 Å². The van der Waals surface area contributed by atoms with Crippen molar-refractivity contribution in [3.05, 3.63) is 107 Å². The maximum atomic E-state index is 11.0. The van der Waals surface area contributed by atoms with Gasteiger partial charge in [0, 0.05) is 12.0 Å². The lowest BCUT2D eigenvalue weighted by molar-refractivity contribution is -0.137. The van der Waals surface area contributed by atoms with Gasteiger partial charge >= 0.3 is 12.1 Å². The number of aryl methyl sites for hydroxylation is 1. The average molecular weight is 585 g/mol. The predicted molar refractivity (Wildman–Crippen MR) is 173 cm³/mol. The third kappa shape index (κ3) is 11.8. The van der Waals surface area contributed by atoms with Gasteiger partial charge in [-0.05, 0) is 72.3 Å². The zero-order valence-corrected chi connectivity index (χ0v) is 25.7. The molecule has 1 unspecified atom stereocenters. The Morgan fingerprint density at radius 1 is 0.907 bits per heavy atom. The van der Waals surface area contributed by atoms with E-state index in [1.165, 1.54) is 11.1 Å². The fourth-order valence-corrected chi connectivity index (χ4v) is 4.73. The fourth-order valence-electron chi connectivity index (χ4n) is 4.73. The number of hydrogen-bond donors (Lipinski definition) is 3. The maximum Gasteiger partial charge on any atom is 0.425 e. The summed E-state index contributed by atoms with van der Waals surface area (Å²) in [4.78, 5) is 21.7. The normalized spacial score (nSPS) is 12.7. The maximum absolute atomic E-state index is 11.0. The summed E-state index contributed by atoms with van der Waals surface area (Å²) in [5.41, 5.74) is 8.19. The summed E-state index contributed by atoms with van der Waals surface area (Å²) in [5.74, 6) is 0.339. The highest BCUT2D eigenvalue weighted by molar-refractivity contribution is 5.99. The first-order valence-corrected chi connectivity index (χ1v) is 14.8. The molecule has 0 radical (unpaired) electrons. The number of hydrogen-bond acceptors (Lipinski definition) is 4. The van der Waals surface area contributed by atoms with Crippen LogP contribution in [0.2, 0.25) is 0 Å². The molecule has 1 atom stereocenters. The van der Waals surface area contributed by atoms with E-state index in [0.717, 1.165) is 48.1 Å². The number of amides is 1. The Bertz CT molecular complexity index is 1390. The van der Waals surface area contributed by atoms with Crippen LogP contribution in [-0.2, 0) is 23.2 Å². The molecule has 0 saturated heterocycles. The second-order valence-corrected chi connectivity index (χ2v) is 11.9. The molecule has 7 nitrogen and oxygen atoms in total. The Morgan fingerprint density at radius 3 is 2.23 bits per heavy atom. The van der Waals surface area contributed by atoms with Gasteiger partial charge in [0.2, 0.25) is 0 Å². The van der Waals surface area contributed by atoms with Crippen LogP contribution in [-0.4, -0.2) is 28.0 Å². The molecule has 228 valence electrons. The van der Waals surface area contributed by atoms with Crippen molar-refractivity contribution < 1.29 is 24.5 Å². The average Bonchev–Trinajstić information content (AvgIpc) is 2.98. The van der Waals surface area contributed by atoms with Gasteiger partial charge in [-0.3, -0.25) is 4.79 Å². The third-order valence-corrected chi connectivity index (χ3v) is 7.39. The first kappa shape index (κ1) is 33.1. The molecule has 0 saturated carbocycles. The summed E-state index contributed by atoms with van der Waals surface area (Å²) in [6.07, 6.45) is 7.52. The van der Waals surface area contributed by atoms with E-state index in [9.17, 15) is 9.59 Å². The van der Waals surface area contributed by atoms with Crippen molar-refractivity contribution in [2.75, 3.05) is 0 Å². The molecular formula is C36H44N2O5. The van der Waals surface area contributed by atoms with Gasteiger partial charge in [0.1, 0.15) is 12.4 Å². The number of allylic oxidation sites excluding steroid dienone is 1. The van der Waals surface area contributed by atoms with E-state index in [2.05, 4.69) is 68.4 Å². The van der Waals surface area contributed by atoms with E-state index in [4.69, 9.17) is 14.9 Å². The molecule has 3 N–H and O–H groups in total. The number of carboxylic acid groups (broad SMARTS) is 2. The van der Waals surface area contributed by atoms with Crippen molar-refractivity contribution >= 4 is 23.9 Å². The van der Waals surface area contributed by atoms with Gasteiger partial charge in [-0.2, -0.15) is 5.10 Å². The topological polar surface area (TPSA) is 108 Å². The third-order valence-electron chi connectivity index (χ3n) is 7.39. The van der Waals surface area contributed by atoms with Gasteiger partial charge in [-0.1, -0.05) is 106 Å². The summed E-state index contributed by atoms with van der Waals surface area (Å²) in [6.45, 7) is 8.86. The van der Waals surface area contributed by atoms with E-state index in [-0.39, 0.29) is 17.8 Å². The molecule has 0 aliphatic rings. The minimum Gasteiger partial charge on any atom is -0.488 e. The highest BCUT2D eigenvalue weighted by atomic mass is 16.5. The second-order valence-electron chi connectivity index (χ2n) is 11.9. The molecule has 7 heteroatoms. The molecule has 43 heavy (non-hydrogen) atoms. The highest BCUT2D eigenvalue weighted by Crippen LogP contribution is 2.26. The van der Waals surface area contributed by atoms with Crippen molar-refractivity contribution in [2.45, 2.75) is 78.2 Å². The summed E-state index contributed by atoms with van der Waals surface area (Å²) < 4.78 is 6.23. The molecule has 3 aromatic carbocycles. The van der Waals surface area contributed by atoms with Crippen molar-refractivity contribution in [1.82, 2.24) is 5.43 Å². The minimum absolute atomic E-state index is 0.110. The molecule has 0 aromatic heterocycles. The monoisotopic (exact) mass is 584 g/mol. The van der Waals surface area contributed by atoms with Gasteiger partial charge in [0.05, 0.1) is 5.71 Å². The van der Waals surface area contributed by atoms with Crippen LogP contribution in [0.5, 0.6) is 5.75 Å². The van der Waals surface area contributed by atoms with Crippen molar-refractivity contribution in [2.24, 2.45) is 11.0 Å². The smallest absolute Gasteiger partial charge is 0.425 e. The fraction of sp³-hybridized carbons (Fsp3) is 0.361. The Hall–Kier alpha value is -4.39. The van der Waals surface area contributed by atoms with Crippen molar-refractivity contribution in [3.8, 4) is 5.75 Å². The SMILES string of the molecule is C/C(=N\NC(=O)O)c1ccc(CCC(/C=C/c2ccccc2OCc2ccc(C(C)(C)C)cc2)CCCCC(=O)O)cc1. The number of benzene rings is 3. The summed E-state index contributed by atoms with van der Waals surface area (Å²) in [5, 5.41) is 21.7. The highest BCUT2D eigenvalue weighted by Gasteiger charge is 2.13. The Kier molecular flexibility index (Phi) is 12.6. The number of ether oxygens (including phenoxy) is 1. The lowest BCUT2D eigenvalue weighted by Crippen LogP contribution is -2.16. The van der Waals surface area contributed by atoms with E-state index in [1.54, 1.807) is 6.92 Å². The quantitative estimate of drug-likeness (QED) is 0.0943. The standard InChI is InChI=1S/C36H44N2O5/c1-26(37-38-35(41)42)30-20-15-28(16-21-30)14-13-27(9-5-8-12-34(39)40)17-22-31-10-6-7-11-33(31)43-25-29-18-23-32(24-19-29)36(2,3)4/h6-7,10-11,15-24,27,38H,5,8-9,12-14,25H2,1-4H3,(H,39,40)(H,41,42)/b22-17+,37-26+. The van der Waals surface area contributed by atoms with Crippen LogP contribution in [0.4, 0.5) is 4.79 Å². The number of hydrazone groups is 1. The Morgan fingerprint density at radius 2 is 1.58 bits per heavy atom. The van der Waals surface area contributed by atoms with E-state index < -0.39 is 12.1 Å². The molecule has 0 fully saturated rings. The zero-order chi connectivity index (χ0) is 31.2. The second kappa shape index (κ2) is 16.3. The Labute approximate surface area is 255 Å². The number of nitrogens with one attached hydrogen (secondary N) is 1. The molecule has 0 aliphatic heterocycles. The van der Waals surface area contributed by atoms with E-state index in [0.29, 0.717) is 18.7 Å². The Balaban J connectivity index is 1.66. The zero-order valence-electron chi connectivity index (χ0n) is 25.7. The number of carboxylic acids is 1. The summed E-state index contributed by atoms with van der Waals surface area (Å²) in [6, 6.07) is 24.6. The van der Waals surface area contributed by atoms with Crippen molar-refractivity contribution in [1.29, 1.82) is 0 Å². The van der Waals surface area contributed by atoms with Crippen molar-refractivity contribution in [3.63, 3.8) is 0 Å². The largest absolute Gasteiger partial charge is 0.488 e. The number of carbonyl (C=O) groups is 2. The van der Waals surface area contributed by atoms with Crippen LogP contribution >= 0.6 is 0 Å². The molecule has 0 bridgehead atoms. The number of nitrogens with zero attached hydrogens (tertiary/aromatic N) is 1. The number of aliphatic carboxylic acids is 1. The first-order chi connectivity index (χ1) is 20.5. The molecule has 1 amide bonds. The molecule has 3 rings (SSSR count). The van der Waals surface area contributed by atoms with Crippen LogP contribution in [0.3, 0.4) is 0 Å². The predicted octanol–water partition coefficient (Wildman–Crippen LogP) is 8.46. The van der Waals surface area contributed by atoms with Crippen LogP contribution < -0.4 is 10.2 Å². The van der Waals surface area contributed by atoms with E-state index in [1.807, 2.05) is 47.9 Å². The number of para-hydroxylation sites is 1. The van der Waals surface area contributed by atoms with Crippen LogP contribution in [0, 0.1) is 5.92 Å². The molecular weight excluding hydrogens is 540 g/mol. The van der Waals surface area contributed by atoms with Crippen LogP contribution in [0.1, 0.15) is 87.6 Å². The summed E-state index contributed by atoms with van der Waals surface area (Å²) >= 11 is 0.